The number of aromatic hydroxyl groups is 1. The molecule has 4 heteroatoms. The van der Waals surface area contributed by atoms with Crippen molar-refractivity contribution in [1.82, 2.24) is 0 Å². The van der Waals surface area contributed by atoms with E-state index in [2.05, 4.69) is 66.7 Å². The number of para-hydroxylation sites is 1. The highest BCUT2D eigenvalue weighted by Crippen LogP contribution is 2.36. The van der Waals surface area contributed by atoms with E-state index in [1.165, 1.54) is 27.8 Å². The van der Waals surface area contributed by atoms with Crippen LogP contribution in [0.2, 0.25) is 0 Å². The van der Waals surface area contributed by atoms with E-state index in [0.29, 0.717) is 24.4 Å². The van der Waals surface area contributed by atoms with E-state index < -0.39 is 0 Å². The summed E-state index contributed by atoms with van der Waals surface area (Å²) in [5.74, 6) is 0.344. The van der Waals surface area contributed by atoms with Gasteiger partial charge in [-0.1, -0.05) is 97.1 Å². The molecular weight excluding hydrogens is 436 g/mol. The van der Waals surface area contributed by atoms with Gasteiger partial charge in [-0.25, -0.2) is 0 Å². The van der Waals surface area contributed by atoms with Crippen molar-refractivity contribution in [2.75, 3.05) is 26.4 Å². The molecule has 0 radical (unpaired) electrons. The van der Waals surface area contributed by atoms with Crippen molar-refractivity contribution >= 4 is 0 Å². The molecule has 2 unspecified atom stereocenters. The zero-order valence-electron chi connectivity index (χ0n) is 19.7. The summed E-state index contributed by atoms with van der Waals surface area (Å²) in [7, 11) is 0. The molecule has 2 heterocycles. The lowest BCUT2D eigenvalue weighted by Gasteiger charge is -2.16. The highest BCUT2D eigenvalue weighted by atomic mass is 16.6. The largest absolute Gasteiger partial charge is 0.508 e. The Bertz CT molecular complexity index is 1200. The topological polar surface area (TPSA) is 54.5 Å². The molecule has 0 bridgehead atoms. The summed E-state index contributed by atoms with van der Waals surface area (Å²) in [5.41, 5.74) is 6.98. The van der Waals surface area contributed by atoms with Gasteiger partial charge in [0.05, 0.1) is 26.4 Å². The van der Waals surface area contributed by atoms with Gasteiger partial charge in [0.1, 0.15) is 18.0 Å². The number of epoxide rings is 2. The summed E-state index contributed by atoms with van der Waals surface area (Å²) in [5, 5.41) is 10.2. The molecule has 4 aromatic rings. The van der Waals surface area contributed by atoms with Gasteiger partial charge in [-0.2, -0.15) is 0 Å². The smallest absolute Gasteiger partial charge is 0.119 e. The van der Waals surface area contributed by atoms with Crippen molar-refractivity contribution in [3.8, 4) is 28.0 Å². The second-order valence-electron chi connectivity index (χ2n) is 8.83. The van der Waals surface area contributed by atoms with Crippen LogP contribution in [0.3, 0.4) is 0 Å². The average Bonchev–Trinajstić information content (AvgIpc) is 3.84. The monoisotopic (exact) mass is 466 g/mol. The second kappa shape index (κ2) is 11.3. The Balaban J connectivity index is 0.000000234. The first-order chi connectivity index (χ1) is 17.3. The number of rotatable bonds is 8. The fraction of sp³-hybridized carbons (Fsp3) is 0.226. The van der Waals surface area contributed by atoms with Crippen LogP contribution in [-0.2, 0) is 20.6 Å². The molecule has 2 aliphatic heterocycles. The third-order valence-corrected chi connectivity index (χ3v) is 6.08. The summed E-state index contributed by atoms with van der Waals surface area (Å²) < 4.78 is 15.1. The lowest BCUT2D eigenvalue weighted by molar-refractivity contribution is 0.102. The van der Waals surface area contributed by atoms with Gasteiger partial charge < -0.3 is 19.3 Å². The number of ether oxygens (including phenoxy) is 3. The normalized spacial score (nSPS) is 17.8. The molecule has 0 saturated carbocycles. The summed E-state index contributed by atoms with van der Waals surface area (Å²) in [4.78, 5) is 0. The molecule has 0 spiro atoms. The van der Waals surface area contributed by atoms with Crippen LogP contribution in [0.1, 0.15) is 11.1 Å². The second-order valence-corrected chi connectivity index (χ2v) is 8.83. The minimum absolute atomic E-state index is 0.344. The number of benzene rings is 4. The standard InChI is InChI=1S/C25H20O.C6H10O3/c26-24-17-8-7-14-21(24)18-22-15-9-16-23(19-10-3-1-4-11-19)25(22)20-12-5-2-6-13-20;1(5-3-8-5)7-2-6-4-9-6/h1-17,26H,18H2;5-6H,1-4H2. The molecule has 0 aliphatic carbocycles. The Hall–Kier alpha value is -3.44. The fourth-order valence-corrected chi connectivity index (χ4v) is 4.08. The van der Waals surface area contributed by atoms with Crippen molar-refractivity contribution < 1.29 is 19.3 Å². The molecule has 4 aromatic carbocycles. The maximum absolute atomic E-state index is 10.2. The lowest BCUT2D eigenvalue weighted by Crippen LogP contribution is -2.06. The van der Waals surface area contributed by atoms with Crippen molar-refractivity contribution in [2.45, 2.75) is 18.6 Å². The Morgan fingerprint density at radius 2 is 1.17 bits per heavy atom. The summed E-state index contributed by atoms with van der Waals surface area (Å²) >= 11 is 0. The summed E-state index contributed by atoms with van der Waals surface area (Å²) in [6.45, 7) is 3.26. The number of phenols is 1. The number of hydrogen-bond acceptors (Lipinski definition) is 4. The molecule has 0 aromatic heterocycles. The highest BCUT2D eigenvalue weighted by molar-refractivity contribution is 5.86. The minimum Gasteiger partial charge on any atom is -0.508 e. The quantitative estimate of drug-likeness (QED) is 0.318. The van der Waals surface area contributed by atoms with Crippen LogP contribution in [0.5, 0.6) is 5.75 Å². The first kappa shape index (κ1) is 23.3. The van der Waals surface area contributed by atoms with E-state index in [4.69, 9.17) is 14.2 Å². The van der Waals surface area contributed by atoms with Crippen molar-refractivity contribution in [2.24, 2.45) is 0 Å². The predicted molar refractivity (Wildman–Crippen MR) is 139 cm³/mol. The SMILES string of the molecule is C(OCC1CO1)C1CO1.Oc1ccccc1Cc1cccc(-c2ccccc2)c1-c1ccccc1. The molecule has 2 atom stereocenters. The lowest BCUT2D eigenvalue weighted by atomic mass is 9.88. The van der Waals surface area contributed by atoms with E-state index in [9.17, 15) is 5.11 Å². The zero-order valence-corrected chi connectivity index (χ0v) is 19.7. The molecule has 35 heavy (non-hydrogen) atoms. The van der Waals surface area contributed by atoms with Crippen molar-refractivity contribution in [3.63, 3.8) is 0 Å². The Morgan fingerprint density at radius 3 is 1.77 bits per heavy atom. The van der Waals surface area contributed by atoms with Crippen LogP contribution in [-0.4, -0.2) is 43.7 Å². The van der Waals surface area contributed by atoms with Crippen molar-refractivity contribution in [3.05, 3.63) is 114 Å². The maximum Gasteiger partial charge on any atom is 0.119 e. The maximum atomic E-state index is 10.2. The molecule has 2 fully saturated rings. The minimum atomic E-state index is 0.344. The molecule has 2 saturated heterocycles. The first-order valence-electron chi connectivity index (χ1n) is 12.1. The van der Waals surface area contributed by atoms with Gasteiger partial charge >= 0.3 is 0 Å². The van der Waals surface area contributed by atoms with Gasteiger partial charge in [-0.05, 0) is 39.4 Å². The van der Waals surface area contributed by atoms with E-state index in [1.807, 2.05) is 30.3 Å². The van der Waals surface area contributed by atoms with Gasteiger partial charge in [-0.15, -0.1) is 0 Å². The summed E-state index contributed by atoms with van der Waals surface area (Å²) in [6.07, 6.45) is 1.48. The zero-order chi connectivity index (χ0) is 23.9. The predicted octanol–water partition coefficient (Wildman–Crippen LogP) is 6.12. The molecule has 1 N–H and O–H groups in total. The van der Waals surface area contributed by atoms with Crippen LogP contribution in [0.15, 0.2) is 103 Å². The number of hydrogen-bond donors (Lipinski definition) is 1. The Labute approximate surface area is 206 Å². The first-order valence-corrected chi connectivity index (χ1v) is 12.1. The van der Waals surface area contributed by atoms with Gasteiger partial charge in [0.25, 0.3) is 0 Å². The Kier molecular flexibility index (Phi) is 7.54. The Morgan fingerprint density at radius 1 is 0.629 bits per heavy atom. The van der Waals surface area contributed by atoms with Crippen LogP contribution >= 0.6 is 0 Å². The molecule has 4 nitrogen and oxygen atoms in total. The summed E-state index contributed by atoms with van der Waals surface area (Å²) in [6, 6.07) is 34.9. The molecule has 0 amide bonds. The van der Waals surface area contributed by atoms with Gasteiger partial charge in [0.2, 0.25) is 0 Å². The van der Waals surface area contributed by atoms with Gasteiger partial charge in [0, 0.05) is 6.42 Å². The van der Waals surface area contributed by atoms with Crippen LogP contribution in [0.25, 0.3) is 22.3 Å². The highest BCUT2D eigenvalue weighted by Gasteiger charge is 2.26. The van der Waals surface area contributed by atoms with Crippen LogP contribution in [0.4, 0.5) is 0 Å². The van der Waals surface area contributed by atoms with Crippen LogP contribution in [0, 0.1) is 0 Å². The van der Waals surface area contributed by atoms with E-state index in [-0.39, 0.29) is 0 Å². The van der Waals surface area contributed by atoms with Crippen LogP contribution < -0.4 is 0 Å². The van der Waals surface area contributed by atoms with Gasteiger partial charge in [-0.3, -0.25) is 0 Å². The average molecular weight is 467 g/mol. The number of phenolic OH excluding ortho intramolecular Hbond substituents is 1. The fourth-order valence-electron chi connectivity index (χ4n) is 4.08. The van der Waals surface area contributed by atoms with Crippen molar-refractivity contribution in [1.29, 1.82) is 0 Å². The molecule has 6 rings (SSSR count). The third-order valence-electron chi connectivity index (χ3n) is 6.08. The molecule has 2 aliphatic rings. The molecule has 178 valence electrons. The third kappa shape index (κ3) is 6.58. The van der Waals surface area contributed by atoms with E-state index >= 15 is 0 Å². The van der Waals surface area contributed by atoms with Gasteiger partial charge in [0.15, 0.2) is 0 Å². The van der Waals surface area contributed by atoms with E-state index in [1.54, 1.807) is 6.07 Å². The van der Waals surface area contributed by atoms with E-state index in [0.717, 1.165) is 32.0 Å². The molecular formula is C31H30O4.